The highest BCUT2D eigenvalue weighted by Crippen LogP contribution is 2.11. The molecule has 5 heteroatoms. The summed E-state index contributed by atoms with van der Waals surface area (Å²) in [6.07, 6.45) is 5.51. The monoisotopic (exact) mass is 241 g/mol. The molecule has 1 heterocycles. The third-order valence-corrected chi connectivity index (χ3v) is 3.04. The van der Waals surface area contributed by atoms with Crippen molar-refractivity contribution < 1.29 is 5.11 Å². The van der Waals surface area contributed by atoms with Gasteiger partial charge in [0.1, 0.15) is 5.82 Å². The van der Waals surface area contributed by atoms with E-state index >= 15 is 0 Å². The molecule has 0 amide bonds. The second-order valence-electron chi connectivity index (χ2n) is 3.45. The fourth-order valence-electron chi connectivity index (χ4n) is 1.12. The Morgan fingerprint density at radius 3 is 2.88 bits per heavy atom. The van der Waals surface area contributed by atoms with Crippen LogP contribution in [0.1, 0.15) is 25.5 Å². The summed E-state index contributed by atoms with van der Waals surface area (Å²) in [5, 5.41) is 11.8. The Balaban J connectivity index is 2.27. The molecule has 2 N–H and O–H groups in total. The highest BCUT2D eigenvalue weighted by atomic mass is 32.2. The van der Waals surface area contributed by atoms with Gasteiger partial charge in [0.25, 0.3) is 0 Å². The molecule has 0 aromatic carbocycles. The van der Waals surface area contributed by atoms with Crippen molar-refractivity contribution in [2.75, 3.05) is 24.2 Å². The lowest BCUT2D eigenvalue weighted by molar-refractivity contribution is 0.296. The molecule has 90 valence electrons. The zero-order chi connectivity index (χ0) is 11.6. The van der Waals surface area contributed by atoms with E-state index < -0.39 is 0 Å². The number of anilines is 1. The first-order valence-corrected chi connectivity index (χ1v) is 6.75. The van der Waals surface area contributed by atoms with E-state index in [0.717, 1.165) is 42.4 Å². The molecule has 16 heavy (non-hydrogen) atoms. The van der Waals surface area contributed by atoms with Crippen molar-refractivity contribution in [3.8, 4) is 0 Å². The van der Waals surface area contributed by atoms with E-state index in [2.05, 4.69) is 22.2 Å². The van der Waals surface area contributed by atoms with E-state index in [4.69, 9.17) is 5.11 Å². The van der Waals surface area contributed by atoms with Crippen LogP contribution < -0.4 is 5.32 Å². The van der Waals surface area contributed by atoms with Gasteiger partial charge < -0.3 is 10.4 Å². The van der Waals surface area contributed by atoms with E-state index in [1.54, 1.807) is 18.0 Å². The maximum atomic E-state index is 8.63. The van der Waals surface area contributed by atoms with Gasteiger partial charge in [-0.2, -0.15) is 11.8 Å². The highest BCUT2D eigenvalue weighted by Gasteiger charge is 1.97. The third kappa shape index (κ3) is 5.32. The van der Waals surface area contributed by atoms with Gasteiger partial charge in [-0.1, -0.05) is 6.92 Å². The van der Waals surface area contributed by atoms with E-state index in [1.807, 2.05) is 6.20 Å². The Labute approximate surface area is 101 Å². The topological polar surface area (TPSA) is 58.0 Å². The van der Waals surface area contributed by atoms with Gasteiger partial charge in [-0.25, -0.2) is 4.98 Å². The number of rotatable bonds is 8. The largest absolute Gasteiger partial charge is 0.396 e. The lowest BCUT2D eigenvalue weighted by Crippen LogP contribution is -2.03. The summed E-state index contributed by atoms with van der Waals surface area (Å²) in [5.41, 5.74) is 0.991. The molecule has 0 unspecified atom stereocenters. The van der Waals surface area contributed by atoms with Crippen molar-refractivity contribution in [1.82, 2.24) is 9.97 Å². The van der Waals surface area contributed by atoms with Crippen molar-refractivity contribution >= 4 is 17.6 Å². The summed E-state index contributed by atoms with van der Waals surface area (Å²) in [7, 11) is 0. The van der Waals surface area contributed by atoms with Gasteiger partial charge in [-0.3, -0.25) is 4.98 Å². The number of aromatic nitrogens is 2. The Morgan fingerprint density at radius 2 is 2.25 bits per heavy atom. The zero-order valence-corrected chi connectivity index (χ0v) is 10.5. The Hall–Kier alpha value is -0.810. The molecule has 4 nitrogen and oxygen atoms in total. The van der Waals surface area contributed by atoms with Gasteiger partial charge in [0.05, 0.1) is 18.1 Å². The molecule has 1 rings (SSSR count). The number of aliphatic hydroxyl groups excluding tert-OH is 1. The molecule has 0 aliphatic heterocycles. The van der Waals surface area contributed by atoms with E-state index in [0.29, 0.717) is 0 Å². The van der Waals surface area contributed by atoms with Gasteiger partial charge in [-0.05, 0) is 18.6 Å². The van der Waals surface area contributed by atoms with Crippen molar-refractivity contribution in [3.63, 3.8) is 0 Å². The molecule has 0 saturated heterocycles. The van der Waals surface area contributed by atoms with Crippen LogP contribution in [-0.2, 0) is 5.75 Å². The van der Waals surface area contributed by atoms with Crippen molar-refractivity contribution in [3.05, 3.63) is 18.1 Å². The standard InChI is InChI=1S/C11H19N3OS/c1-2-4-12-11-8-13-10(7-14-11)9-16-6-3-5-15/h7-8,15H,2-6,9H2,1H3,(H,12,14). The minimum Gasteiger partial charge on any atom is -0.396 e. The summed E-state index contributed by atoms with van der Waals surface area (Å²) in [6, 6.07) is 0. The molecule has 0 aliphatic carbocycles. The maximum Gasteiger partial charge on any atom is 0.144 e. The minimum absolute atomic E-state index is 0.262. The van der Waals surface area contributed by atoms with Crippen LogP contribution in [0.25, 0.3) is 0 Å². The molecule has 0 bridgehead atoms. The maximum absolute atomic E-state index is 8.63. The molecular weight excluding hydrogens is 222 g/mol. The molecule has 0 radical (unpaired) electrons. The molecule has 0 spiro atoms. The first-order valence-electron chi connectivity index (χ1n) is 5.60. The molecule has 0 aliphatic rings. The van der Waals surface area contributed by atoms with Crippen molar-refractivity contribution in [2.24, 2.45) is 0 Å². The predicted octanol–water partition coefficient (Wildman–Crippen LogP) is 1.91. The van der Waals surface area contributed by atoms with Gasteiger partial charge in [-0.15, -0.1) is 0 Å². The molecule has 1 aromatic heterocycles. The number of hydrogen-bond acceptors (Lipinski definition) is 5. The quantitative estimate of drug-likeness (QED) is 0.681. The normalized spacial score (nSPS) is 10.4. The summed E-state index contributed by atoms with van der Waals surface area (Å²) < 4.78 is 0. The molecule has 0 atom stereocenters. The highest BCUT2D eigenvalue weighted by molar-refractivity contribution is 7.98. The van der Waals surface area contributed by atoms with Crippen LogP contribution in [0.5, 0.6) is 0 Å². The van der Waals surface area contributed by atoms with Crippen LogP contribution in [0.3, 0.4) is 0 Å². The molecule has 0 fully saturated rings. The fraction of sp³-hybridized carbons (Fsp3) is 0.636. The Bertz CT molecular complexity index is 279. The van der Waals surface area contributed by atoms with E-state index in [9.17, 15) is 0 Å². The van der Waals surface area contributed by atoms with Crippen molar-refractivity contribution in [1.29, 1.82) is 0 Å². The third-order valence-electron chi connectivity index (χ3n) is 1.96. The average molecular weight is 241 g/mol. The van der Waals surface area contributed by atoms with Crippen LogP contribution in [0.4, 0.5) is 5.82 Å². The van der Waals surface area contributed by atoms with E-state index in [-0.39, 0.29) is 6.61 Å². The molecule has 0 saturated carbocycles. The number of nitrogens with zero attached hydrogens (tertiary/aromatic N) is 2. The smallest absolute Gasteiger partial charge is 0.144 e. The lowest BCUT2D eigenvalue weighted by atomic mass is 10.4. The lowest BCUT2D eigenvalue weighted by Gasteiger charge is -2.04. The van der Waals surface area contributed by atoms with Crippen LogP contribution in [0, 0.1) is 0 Å². The average Bonchev–Trinajstić information content (AvgIpc) is 2.33. The van der Waals surface area contributed by atoms with Crippen molar-refractivity contribution in [2.45, 2.75) is 25.5 Å². The molecular formula is C11H19N3OS. The number of hydrogen-bond donors (Lipinski definition) is 2. The first kappa shape index (κ1) is 13.3. The zero-order valence-electron chi connectivity index (χ0n) is 9.65. The summed E-state index contributed by atoms with van der Waals surface area (Å²) >= 11 is 1.77. The summed E-state index contributed by atoms with van der Waals surface area (Å²) in [6.45, 7) is 3.31. The van der Waals surface area contributed by atoms with Crippen LogP contribution in [0.15, 0.2) is 12.4 Å². The van der Waals surface area contributed by atoms with Crippen LogP contribution >= 0.6 is 11.8 Å². The molecule has 1 aromatic rings. The summed E-state index contributed by atoms with van der Waals surface area (Å²) in [4.78, 5) is 8.60. The van der Waals surface area contributed by atoms with Gasteiger partial charge in [0.15, 0.2) is 0 Å². The van der Waals surface area contributed by atoms with Gasteiger partial charge in [0.2, 0.25) is 0 Å². The second kappa shape index (κ2) is 8.35. The van der Waals surface area contributed by atoms with Gasteiger partial charge >= 0.3 is 0 Å². The number of aliphatic hydroxyl groups is 1. The fourth-order valence-corrected chi connectivity index (χ4v) is 1.95. The number of thioether (sulfide) groups is 1. The second-order valence-corrected chi connectivity index (χ2v) is 4.55. The minimum atomic E-state index is 0.262. The van der Waals surface area contributed by atoms with Crippen LogP contribution in [0.2, 0.25) is 0 Å². The van der Waals surface area contributed by atoms with Crippen LogP contribution in [-0.4, -0.2) is 34.0 Å². The number of nitrogens with one attached hydrogen (secondary N) is 1. The van der Waals surface area contributed by atoms with E-state index in [1.165, 1.54) is 0 Å². The van der Waals surface area contributed by atoms with Gasteiger partial charge in [0, 0.05) is 18.9 Å². The summed E-state index contributed by atoms with van der Waals surface area (Å²) in [5.74, 6) is 2.67. The Kier molecular flexibility index (Phi) is 6.92. The first-order chi connectivity index (χ1) is 7.86. The Morgan fingerprint density at radius 1 is 1.38 bits per heavy atom. The SMILES string of the molecule is CCCNc1cnc(CSCCCO)cn1. The predicted molar refractivity (Wildman–Crippen MR) is 68.7 cm³/mol.